The summed E-state index contributed by atoms with van der Waals surface area (Å²) in [5.41, 5.74) is 5.34. The Morgan fingerprint density at radius 1 is 1.03 bits per heavy atom. The summed E-state index contributed by atoms with van der Waals surface area (Å²) in [6, 6.07) is 19.9. The van der Waals surface area contributed by atoms with E-state index in [2.05, 4.69) is 46.8 Å². The van der Waals surface area contributed by atoms with Gasteiger partial charge in [0, 0.05) is 24.7 Å². The van der Waals surface area contributed by atoms with Crippen LogP contribution in [0.15, 0.2) is 66.9 Å². The van der Waals surface area contributed by atoms with Crippen molar-refractivity contribution in [2.45, 2.75) is 26.3 Å². The first kappa shape index (κ1) is 18.9. The number of pyridine rings is 1. The number of benzene rings is 2. The lowest BCUT2D eigenvalue weighted by Gasteiger charge is -2.11. The number of rotatable bonds is 6. The van der Waals surface area contributed by atoms with E-state index in [1.807, 2.05) is 18.2 Å². The fraction of sp³-hybridized carbons (Fsp3) is 0.208. The predicted octanol–water partition coefficient (Wildman–Crippen LogP) is 4.89. The van der Waals surface area contributed by atoms with Gasteiger partial charge in [0.2, 0.25) is 0 Å². The molecule has 2 aromatic carbocycles. The van der Waals surface area contributed by atoms with Gasteiger partial charge in [-0.2, -0.15) is 0 Å². The number of imidazole rings is 1. The number of aromatic nitrogens is 3. The van der Waals surface area contributed by atoms with E-state index in [0.717, 1.165) is 41.8 Å². The van der Waals surface area contributed by atoms with Crippen LogP contribution in [0.3, 0.4) is 0 Å². The molecular formula is C24H23N3O2. The van der Waals surface area contributed by atoms with Crippen molar-refractivity contribution in [2.75, 3.05) is 7.11 Å². The highest BCUT2D eigenvalue weighted by Crippen LogP contribution is 2.24. The summed E-state index contributed by atoms with van der Waals surface area (Å²) in [5, 5.41) is 0. The molecule has 4 rings (SSSR count). The van der Waals surface area contributed by atoms with E-state index in [9.17, 15) is 4.79 Å². The Morgan fingerprint density at radius 2 is 1.83 bits per heavy atom. The van der Waals surface area contributed by atoms with Gasteiger partial charge >= 0.3 is 5.97 Å². The average molecular weight is 385 g/mol. The van der Waals surface area contributed by atoms with Gasteiger partial charge in [-0.3, -0.25) is 4.98 Å². The van der Waals surface area contributed by atoms with Gasteiger partial charge in [-0.05, 0) is 36.2 Å². The lowest BCUT2D eigenvalue weighted by molar-refractivity contribution is 0.0601. The summed E-state index contributed by atoms with van der Waals surface area (Å²) in [6.07, 6.45) is 3.69. The Hall–Kier alpha value is -3.47. The van der Waals surface area contributed by atoms with Gasteiger partial charge in [-0.15, -0.1) is 0 Å². The maximum atomic E-state index is 12.0. The maximum Gasteiger partial charge on any atom is 0.340 e. The minimum absolute atomic E-state index is 0.383. The molecule has 146 valence electrons. The molecule has 0 aliphatic heterocycles. The zero-order valence-electron chi connectivity index (χ0n) is 16.6. The quantitative estimate of drug-likeness (QED) is 0.444. The molecule has 0 radical (unpaired) electrons. The Morgan fingerprint density at radius 3 is 2.59 bits per heavy atom. The van der Waals surface area contributed by atoms with Crippen molar-refractivity contribution in [3.05, 3.63) is 83.8 Å². The van der Waals surface area contributed by atoms with E-state index in [1.165, 1.54) is 12.7 Å². The van der Waals surface area contributed by atoms with Gasteiger partial charge in [-0.1, -0.05) is 43.3 Å². The Kier molecular flexibility index (Phi) is 5.38. The molecule has 0 N–H and O–H groups in total. The van der Waals surface area contributed by atoms with Crippen LogP contribution in [0.5, 0.6) is 0 Å². The summed E-state index contributed by atoms with van der Waals surface area (Å²) in [7, 11) is 1.38. The topological polar surface area (TPSA) is 57.0 Å². The largest absolute Gasteiger partial charge is 0.465 e. The summed E-state index contributed by atoms with van der Waals surface area (Å²) in [6.45, 7) is 2.92. The highest BCUT2D eigenvalue weighted by Gasteiger charge is 2.14. The van der Waals surface area contributed by atoms with Gasteiger partial charge in [0.15, 0.2) is 0 Å². The average Bonchev–Trinajstić information content (AvgIpc) is 3.11. The number of esters is 1. The molecule has 5 heteroatoms. The highest BCUT2D eigenvalue weighted by molar-refractivity contribution is 5.96. The smallest absolute Gasteiger partial charge is 0.340 e. The van der Waals surface area contributed by atoms with Crippen molar-refractivity contribution >= 4 is 17.0 Å². The van der Waals surface area contributed by atoms with Gasteiger partial charge in [0.1, 0.15) is 5.82 Å². The number of hydrogen-bond acceptors (Lipinski definition) is 4. The lowest BCUT2D eigenvalue weighted by Crippen LogP contribution is -2.06. The molecule has 0 unspecified atom stereocenters. The van der Waals surface area contributed by atoms with Crippen molar-refractivity contribution in [2.24, 2.45) is 0 Å². The predicted molar refractivity (Wildman–Crippen MR) is 114 cm³/mol. The van der Waals surface area contributed by atoms with Crippen LogP contribution in [-0.4, -0.2) is 27.6 Å². The molecule has 0 fully saturated rings. The van der Waals surface area contributed by atoms with Crippen molar-refractivity contribution < 1.29 is 9.53 Å². The number of hydrogen-bond donors (Lipinski definition) is 0. The minimum Gasteiger partial charge on any atom is -0.465 e. The molecule has 0 atom stereocenters. The number of nitrogens with zero attached hydrogens (tertiary/aromatic N) is 3. The first-order valence-electron chi connectivity index (χ1n) is 9.78. The number of para-hydroxylation sites is 2. The van der Waals surface area contributed by atoms with Crippen LogP contribution in [0.4, 0.5) is 0 Å². The van der Waals surface area contributed by atoms with Crippen molar-refractivity contribution in [1.29, 1.82) is 0 Å². The highest BCUT2D eigenvalue weighted by atomic mass is 16.5. The van der Waals surface area contributed by atoms with E-state index >= 15 is 0 Å². The third kappa shape index (κ3) is 3.76. The molecule has 0 saturated carbocycles. The normalized spacial score (nSPS) is 11.0. The number of ether oxygens (including phenoxy) is 1. The number of methoxy groups -OCH3 is 1. The molecule has 0 saturated heterocycles. The molecule has 2 heterocycles. The minimum atomic E-state index is -0.383. The van der Waals surface area contributed by atoms with Gasteiger partial charge in [-0.25, -0.2) is 9.78 Å². The molecular weight excluding hydrogens is 362 g/mol. The SMILES string of the molecule is CCCc1nc2ccccc2n1Cc1ccc(-c2ncccc2C(=O)OC)cc1. The van der Waals surface area contributed by atoms with E-state index < -0.39 is 0 Å². The fourth-order valence-corrected chi connectivity index (χ4v) is 3.58. The van der Waals surface area contributed by atoms with Crippen molar-refractivity contribution in [3.63, 3.8) is 0 Å². The van der Waals surface area contributed by atoms with Gasteiger partial charge in [0.05, 0.1) is 29.4 Å². The van der Waals surface area contributed by atoms with E-state index in [-0.39, 0.29) is 5.97 Å². The molecule has 29 heavy (non-hydrogen) atoms. The first-order valence-corrected chi connectivity index (χ1v) is 9.78. The summed E-state index contributed by atoms with van der Waals surface area (Å²) >= 11 is 0. The molecule has 0 aliphatic rings. The van der Waals surface area contributed by atoms with Crippen molar-refractivity contribution in [1.82, 2.24) is 14.5 Å². The molecule has 4 aromatic rings. The summed E-state index contributed by atoms with van der Waals surface area (Å²) in [4.78, 5) is 21.2. The van der Waals surface area contributed by atoms with E-state index in [0.29, 0.717) is 11.3 Å². The van der Waals surface area contributed by atoms with Crippen LogP contribution < -0.4 is 0 Å². The third-order valence-corrected chi connectivity index (χ3v) is 4.99. The Labute approximate surface area is 170 Å². The zero-order valence-corrected chi connectivity index (χ0v) is 16.6. The van der Waals surface area contributed by atoms with Crippen LogP contribution in [0.25, 0.3) is 22.3 Å². The van der Waals surface area contributed by atoms with Crippen LogP contribution in [0, 0.1) is 0 Å². The fourth-order valence-electron chi connectivity index (χ4n) is 3.58. The number of carbonyl (C=O) groups is 1. The molecule has 5 nitrogen and oxygen atoms in total. The molecule has 2 aromatic heterocycles. The standard InChI is InChI=1S/C24H23N3O2/c1-3-7-22-26-20-9-4-5-10-21(20)27(22)16-17-11-13-18(14-12-17)23-19(24(28)29-2)8-6-15-25-23/h4-6,8-15H,3,7,16H2,1-2H3. The zero-order chi connectivity index (χ0) is 20.2. The van der Waals surface area contributed by atoms with Crippen LogP contribution >= 0.6 is 0 Å². The monoisotopic (exact) mass is 385 g/mol. The second-order valence-corrected chi connectivity index (χ2v) is 6.94. The molecule has 0 spiro atoms. The maximum absolute atomic E-state index is 12.0. The Bertz CT molecular complexity index is 1150. The van der Waals surface area contributed by atoms with Gasteiger partial charge < -0.3 is 9.30 Å². The summed E-state index contributed by atoms with van der Waals surface area (Å²) in [5.74, 6) is 0.724. The van der Waals surface area contributed by atoms with E-state index in [1.54, 1.807) is 18.3 Å². The first-order chi connectivity index (χ1) is 14.2. The van der Waals surface area contributed by atoms with E-state index in [4.69, 9.17) is 9.72 Å². The molecule has 0 amide bonds. The number of fused-ring (bicyclic) bond motifs is 1. The van der Waals surface area contributed by atoms with Crippen molar-refractivity contribution in [3.8, 4) is 11.3 Å². The second-order valence-electron chi connectivity index (χ2n) is 6.94. The van der Waals surface area contributed by atoms with Gasteiger partial charge in [0.25, 0.3) is 0 Å². The van der Waals surface area contributed by atoms with Crippen LogP contribution in [0.1, 0.15) is 35.1 Å². The number of carbonyl (C=O) groups excluding carboxylic acids is 1. The molecule has 0 bridgehead atoms. The lowest BCUT2D eigenvalue weighted by atomic mass is 10.0. The molecule has 0 aliphatic carbocycles. The second kappa shape index (κ2) is 8.27. The summed E-state index contributed by atoms with van der Waals surface area (Å²) < 4.78 is 7.17. The Balaban J connectivity index is 1.66. The third-order valence-electron chi connectivity index (χ3n) is 4.99. The van der Waals surface area contributed by atoms with Crippen LogP contribution in [-0.2, 0) is 17.7 Å². The van der Waals surface area contributed by atoms with Crippen LogP contribution in [0.2, 0.25) is 0 Å². The number of aryl methyl sites for hydroxylation is 1.